The van der Waals surface area contributed by atoms with Crippen LogP contribution in [0.15, 0.2) is 18.2 Å². The number of nitrogens with one attached hydrogen (secondary N) is 2. The Balaban J connectivity index is 1.87. The number of halogens is 1. The third-order valence-corrected chi connectivity index (χ3v) is 3.33. The topological polar surface area (TPSA) is 84.3 Å². The summed E-state index contributed by atoms with van der Waals surface area (Å²) in [5, 5.41) is 16.1. The highest BCUT2D eigenvalue weighted by Crippen LogP contribution is 2.21. The molecule has 0 radical (unpaired) electrons. The summed E-state index contributed by atoms with van der Waals surface area (Å²) in [5.74, 6) is -1.25. The van der Waals surface area contributed by atoms with Crippen molar-refractivity contribution < 1.29 is 14.1 Å². The summed E-state index contributed by atoms with van der Waals surface area (Å²) in [6.45, 7) is 0.156. The fourth-order valence-electron chi connectivity index (χ4n) is 2.30. The number of carbonyl (C=O) groups excluding carboxylic acids is 1. The monoisotopic (exact) mass is 281 g/mol. The van der Waals surface area contributed by atoms with Gasteiger partial charge in [0.25, 0.3) is 0 Å². The Hall–Kier alpha value is -2.02. The van der Waals surface area contributed by atoms with Gasteiger partial charge in [0.15, 0.2) is 0 Å². The number of amides is 1. The van der Waals surface area contributed by atoms with Crippen LogP contribution in [0.2, 0.25) is 0 Å². The van der Waals surface area contributed by atoms with E-state index in [-0.39, 0.29) is 18.1 Å². The molecule has 20 heavy (non-hydrogen) atoms. The van der Waals surface area contributed by atoms with Crippen molar-refractivity contribution in [1.82, 2.24) is 5.32 Å². The molecule has 1 amide bonds. The summed E-state index contributed by atoms with van der Waals surface area (Å²) >= 11 is 0. The number of nitro groups is 1. The van der Waals surface area contributed by atoms with Crippen LogP contribution in [0.25, 0.3) is 0 Å². The number of carbonyl (C=O) groups is 1. The van der Waals surface area contributed by atoms with Gasteiger partial charge in [-0.15, -0.1) is 0 Å². The van der Waals surface area contributed by atoms with E-state index in [2.05, 4.69) is 10.6 Å². The lowest BCUT2D eigenvalue weighted by Gasteiger charge is -2.11. The van der Waals surface area contributed by atoms with Gasteiger partial charge in [-0.2, -0.15) is 4.39 Å². The van der Waals surface area contributed by atoms with Crippen molar-refractivity contribution >= 4 is 17.3 Å². The lowest BCUT2D eigenvalue weighted by molar-refractivity contribution is -0.387. The summed E-state index contributed by atoms with van der Waals surface area (Å²) in [6.07, 6.45) is 4.48. The first-order valence-electron chi connectivity index (χ1n) is 6.53. The predicted octanol–water partition coefficient (Wildman–Crippen LogP) is 2.20. The Morgan fingerprint density at radius 2 is 2.10 bits per heavy atom. The molecular formula is C13H16FN3O3. The van der Waals surface area contributed by atoms with Gasteiger partial charge in [-0.3, -0.25) is 14.9 Å². The molecule has 0 unspecified atom stereocenters. The zero-order valence-corrected chi connectivity index (χ0v) is 10.9. The molecule has 1 aliphatic carbocycles. The molecule has 1 saturated carbocycles. The Labute approximate surface area is 115 Å². The normalized spacial score (nSPS) is 15.2. The average molecular weight is 281 g/mol. The van der Waals surface area contributed by atoms with Crippen molar-refractivity contribution in [3.63, 3.8) is 0 Å². The second-order valence-electron chi connectivity index (χ2n) is 4.83. The summed E-state index contributed by atoms with van der Waals surface area (Å²) in [5.41, 5.74) is -0.390. The number of anilines is 1. The zero-order chi connectivity index (χ0) is 14.5. The summed E-state index contributed by atoms with van der Waals surface area (Å²) in [7, 11) is 0. The van der Waals surface area contributed by atoms with Crippen LogP contribution in [0.4, 0.5) is 15.8 Å². The Bertz CT molecular complexity index is 516. The first kappa shape index (κ1) is 14.4. The van der Waals surface area contributed by atoms with Crippen LogP contribution in [-0.2, 0) is 4.79 Å². The third-order valence-electron chi connectivity index (χ3n) is 3.33. The fraction of sp³-hybridized carbons (Fsp3) is 0.462. The second kappa shape index (κ2) is 6.42. The maximum Gasteiger partial charge on any atom is 0.304 e. The Morgan fingerprint density at radius 1 is 1.40 bits per heavy atom. The molecule has 1 aromatic rings. The molecule has 2 N–H and O–H groups in total. The summed E-state index contributed by atoms with van der Waals surface area (Å²) < 4.78 is 13.4. The highest BCUT2D eigenvalue weighted by Gasteiger charge is 2.17. The number of hydrogen-bond donors (Lipinski definition) is 2. The molecule has 108 valence electrons. The molecule has 6 nitrogen and oxygen atoms in total. The van der Waals surface area contributed by atoms with E-state index >= 15 is 0 Å². The average Bonchev–Trinajstić information content (AvgIpc) is 2.89. The minimum atomic E-state index is -0.962. The standard InChI is InChI=1S/C13H16FN3O3/c14-11-7-10(5-6-12(11)17(19)20)16-13(18)8-15-9-3-1-2-4-9/h5-7,9,15H,1-4,8H2,(H,16,18). The molecule has 0 heterocycles. The van der Waals surface area contributed by atoms with Gasteiger partial charge in [0.1, 0.15) is 0 Å². The highest BCUT2D eigenvalue weighted by atomic mass is 19.1. The fourth-order valence-corrected chi connectivity index (χ4v) is 2.30. The van der Waals surface area contributed by atoms with E-state index in [1.165, 1.54) is 18.9 Å². The number of nitro benzene ring substituents is 1. The molecule has 1 fully saturated rings. The van der Waals surface area contributed by atoms with Gasteiger partial charge in [-0.1, -0.05) is 12.8 Å². The van der Waals surface area contributed by atoms with Crippen LogP contribution in [-0.4, -0.2) is 23.4 Å². The van der Waals surface area contributed by atoms with Crippen molar-refractivity contribution in [2.24, 2.45) is 0 Å². The van der Waals surface area contributed by atoms with Gasteiger partial charge >= 0.3 is 5.69 Å². The molecule has 0 spiro atoms. The highest BCUT2D eigenvalue weighted by molar-refractivity contribution is 5.92. The molecule has 0 aliphatic heterocycles. The lowest BCUT2D eigenvalue weighted by Crippen LogP contribution is -2.34. The third kappa shape index (κ3) is 3.74. The smallest absolute Gasteiger partial charge is 0.304 e. The first-order valence-corrected chi connectivity index (χ1v) is 6.53. The SMILES string of the molecule is O=C(CNC1CCCC1)Nc1ccc([N+](=O)[O-])c(F)c1. The molecule has 0 bridgehead atoms. The van der Waals surface area contributed by atoms with Crippen molar-refractivity contribution in [3.05, 3.63) is 34.1 Å². The van der Waals surface area contributed by atoms with E-state index in [1.807, 2.05) is 0 Å². The van der Waals surface area contributed by atoms with Crippen LogP contribution in [0.3, 0.4) is 0 Å². The van der Waals surface area contributed by atoms with E-state index in [0.29, 0.717) is 6.04 Å². The largest absolute Gasteiger partial charge is 0.325 e. The van der Waals surface area contributed by atoms with Gasteiger partial charge in [-0.05, 0) is 18.9 Å². The zero-order valence-electron chi connectivity index (χ0n) is 10.9. The molecule has 2 rings (SSSR count). The van der Waals surface area contributed by atoms with Gasteiger partial charge in [-0.25, -0.2) is 0 Å². The molecule has 1 aromatic carbocycles. The van der Waals surface area contributed by atoms with Crippen LogP contribution in [0, 0.1) is 15.9 Å². The van der Waals surface area contributed by atoms with Crippen molar-refractivity contribution in [2.75, 3.05) is 11.9 Å². The lowest BCUT2D eigenvalue weighted by atomic mass is 10.2. The van der Waals surface area contributed by atoms with Crippen LogP contribution < -0.4 is 10.6 Å². The Morgan fingerprint density at radius 3 is 2.70 bits per heavy atom. The maximum atomic E-state index is 13.4. The number of benzene rings is 1. The summed E-state index contributed by atoms with van der Waals surface area (Å²) in [4.78, 5) is 21.3. The van der Waals surface area contributed by atoms with Crippen molar-refractivity contribution in [1.29, 1.82) is 0 Å². The molecule has 0 aromatic heterocycles. The maximum absolute atomic E-state index is 13.4. The number of hydrogen-bond acceptors (Lipinski definition) is 4. The predicted molar refractivity (Wildman–Crippen MR) is 71.9 cm³/mol. The van der Waals surface area contributed by atoms with Gasteiger partial charge < -0.3 is 10.6 Å². The molecule has 1 aliphatic rings. The van der Waals surface area contributed by atoms with Gasteiger partial charge in [0, 0.05) is 23.9 Å². The van der Waals surface area contributed by atoms with E-state index in [9.17, 15) is 19.3 Å². The van der Waals surface area contributed by atoms with Crippen LogP contribution in [0.5, 0.6) is 0 Å². The molecule has 0 atom stereocenters. The minimum Gasteiger partial charge on any atom is -0.325 e. The van der Waals surface area contributed by atoms with Crippen molar-refractivity contribution in [3.8, 4) is 0 Å². The number of nitrogens with zero attached hydrogens (tertiary/aromatic N) is 1. The molecule has 7 heteroatoms. The van der Waals surface area contributed by atoms with Gasteiger partial charge in [0.2, 0.25) is 11.7 Å². The van der Waals surface area contributed by atoms with Crippen LogP contribution >= 0.6 is 0 Å². The van der Waals surface area contributed by atoms with Crippen molar-refractivity contribution in [2.45, 2.75) is 31.7 Å². The number of rotatable bonds is 5. The first-order chi connectivity index (χ1) is 9.56. The van der Waals surface area contributed by atoms with E-state index < -0.39 is 16.4 Å². The van der Waals surface area contributed by atoms with E-state index in [1.54, 1.807) is 0 Å². The quantitative estimate of drug-likeness (QED) is 0.640. The summed E-state index contributed by atoms with van der Waals surface area (Å²) in [6, 6.07) is 3.67. The van der Waals surface area contributed by atoms with Gasteiger partial charge in [0.05, 0.1) is 11.5 Å². The van der Waals surface area contributed by atoms with Crippen LogP contribution in [0.1, 0.15) is 25.7 Å². The Kier molecular flexibility index (Phi) is 4.62. The second-order valence-corrected chi connectivity index (χ2v) is 4.83. The minimum absolute atomic E-state index is 0.156. The molecular weight excluding hydrogens is 265 g/mol. The molecule has 0 saturated heterocycles. The van der Waals surface area contributed by atoms with E-state index in [4.69, 9.17) is 0 Å². The van der Waals surface area contributed by atoms with E-state index in [0.717, 1.165) is 25.0 Å².